The van der Waals surface area contributed by atoms with E-state index in [4.69, 9.17) is 4.74 Å². The highest BCUT2D eigenvalue weighted by molar-refractivity contribution is 9.09. The number of ether oxygens (including phenoxy) is 1. The number of rotatable bonds is 0. The van der Waals surface area contributed by atoms with Crippen molar-refractivity contribution in [1.29, 1.82) is 0 Å². The molecule has 2 heterocycles. The topological polar surface area (TPSA) is 75.7 Å². The summed E-state index contributed by atoms with van der Waals surface area (Å²) in [7, 11) is 0. The van der Waals surface area contributed by atoms with Crippen molar-refractivity contribution in [2.45, 2.75) is 17.5 Å². The number of carbonyl (C=O) groups excluding carboxylic acids is 3. The number of piperazine rings is 1. The van der Waals surface area contributed by atoms with Gasteiger partial charge >= 0.3 is 0 Å². The monoisotopic (exact) mass is 338 g/mol. The van der Waals surface area contributed by atoms with Crippen LogP contribution in [0, 0.1) is 0 Å². The molecule has 104 valence electrons. The van der Waals surface area contributed by atoms with E-state index in [1.165, 1.54) is 6.92 Å². The number of imide groups is 1. The first-order chi connectivity index (χ1) is 9.45. The minimum atomic E-state index is -1.59. The number of amides is 3. The molecular weight excluding hydrogens is 328 g/mol. The van der Waals surface area contributed by atoms with E-state index in [9.17, 15) is 14.4 Å². The molecule has 0 unspecified atom stereocenters. The fourth-order valence-corrected chi connectivity index (χ4v) is 3.22. The smallest absolute Gasteiger partial charge is 0.297 e. The molecule has 2 atom stereocenters. The molecule has 1 fully saturated rings. The van der Waals surface area contributed by atoms with E-state index in [1.54, 1.807) is 18.2 Å². The molecule has 0 bridgehead atoms. The largest absolute Gasteiger partial charge is 0.457 e. The summed E-state index contributed by atoms with van der Waals surface area (Å²) in [6, 6.07) is 7.10. The fraction of sp³-hybridized carbons (Fsp3) is 0.308. The lowest BCUT2D eigenvalue weighted by atomic mass is 10.0. The molecule has 2 aliphatic heterocycles. The van der Waals surface area contributed by atoms with Gasteiger partial charge in [0.05, 0.1) is 0 Å². The van der Waals surface area contributed by atoms with Gasteiger partial charge in [-0.1, -0.05) is 34.1 Å². The summed E-state index contributed by atoms with van der Waals surface area (Å²) >= 11 is 3.40. The zero-order valence-electron chi connectivity index (χ0n) is 10.6. The quantitative estimate of drug-likeness (QED) is 0.707. The van der Waals surface area contributed by atoms with Gasteiger partial charge in [-0.2, -0.15) is 0 Å². The van der Waals surface area contributed by atoms with Crippen molar-refractivity contribution in [3.8, 4) is 5.75 Å². The van der Waals surface area contributed by atoms with E-state index in [-0.39, 0.29) is 6.54 Å². The molecule has 20 heavy (non-hydrogen) atoms. The minimum absolute atomic E-state index is 0.282. The first-order valence-corrected chi connectivity index (χ1v) is 6.93. The first kappa shape index (κ1) is 13.1. The molecule has 1 aromatic carbocycles. The number of carbonyl (C=O) groups is 3. The van der Waals surface area contributed by atoms with Crippen LogP contribution in [0.4, 0.5) is 0 Å². The lowest BCUT2D eigenvalue weighted by Gasteiger charge is -2.38. The van der Waals surface area contributed by atoms with E-state index in [2.05, 4.69) is 21.2 Å². The molecule has 0 radical (unpaired) electrons. The predicted octanol–water partition coefficient (Wildman–Crippen LogP) is 0.716. The van der Waals surface area contributed by atoms with E-state index in [1.807, 2.05) is 6.07 Å². The van der Waals surface area contributed by atoms with Crippen LogP contribution in [0.25, 0.3) is 0 Å². The number of fused-ring (bicyclic) bond motifs is 1. The molecule has 0 aromatic heterocycles. The normalized spacial score (nSPS) is 28.1. The Morgan fingerprint density at radius 3 is 2.80 bits per heavy atom. The molecule has 1 spiro atoms. The molecule has 6 nitrogen and oxygen atoms in total. The molecule has 7 heteroatoms. The summed E-state index contributed by atoms with van der Waals surface area (Å²) in [6.07, 6.45) is 0. The third kappa shape index (κ3) is 1.66. The second kappa shape index (κ2) is 4.31. The molecule has 0 saturated carbocycles. The summed E-state index contributed by atoms with van der Waals surface area (Å²) in [6.45, 7) is 0.963. The molecule has 3 rings (SSSR count). The van der Waals surface area contributed by atoms with Crippen LogP contribution in [-0.2, 0) is 14.4 Å². The lowest BCUT2D eigenvalue weighted by molar-refractivity contribution is -0.166. The van der Waals surface area contributed by atoms with Gasteiger partial charge in [-0.25, -0.2) is 0 Å². The minimum Gasteiger partial charge on any atom is -0.457 e. The fourth-order valence-electron chi connectivity index (χ4n) is 2.44. The van der Waals surface area contributed by atoms with E-state index < -0.39 is 28.3 Å². The van der Waals surface area contributed by atoms with Gasteiger partial charge in [0, 0.05) is 12.5 Å². The first-order valence-electron chi connectivity index (χ1n) is 6.01. The number of nitrogens with zero attached hydrogens (tertiary/aromatic N) is 1. The Kier molecular flexibility index (Phi) is 2.82. The van der Waals surface area contributed by atoms with Crippen LogP contribution in [0.2, 0.25) is 0 Å². The summed E-state index contributed by atoms with van der Waals surface area (Å²) in [5.74, 6) is -0.975. The summed E-state index contributed by atoms with van der Waals surface area (Å²) in [4.78, 5) is 36.3. The number of halogens is 1. The van der Waals surface area contributed by atoms with Crippen molar-refractivity contribution in [2.75, 3.05) is 6.54 Å². The molecule has 2 aliphatic rings. The van der Waals surface area contributed by atoms with Crippen LogP contribution in [0.1, 0.15) is 17.3 Å². The van der Waals surface area contributed by atoms with Crippen LogP contribution in [-0.4, -0.2) is 34.9 Å². The zero-order chi connectivity index (χ0) is 14.5. The maximum atomic E-state index is 12.6. The molecule has 3 amide bonds. The Bertz CT molecular complexity index is 633. The number of para-hydroxylation sites is 1. The Morgan fingerprint density at radius 1 is 1.45 bits per heavy atom. The van der Waals surface area contributed by atoms with Gasteiger partial charge in [-0.15, -0.1) is 0 Å². The van der Waals surface area contributed by atoms with Gasteiger partial charge in [0.1, 0.15) is 17.1 Å². The Morgan fingerprint density at radius 2 is 2.15 bits per heavy atom. The number of hydrogen-bond donors (Lipinski definition) is 1. The second-order valence-electron chi connectivity index (χ2n) is 4.70. The predicted molar refractivity (Wildman–Crippen MR) is 72.0 cm³/mol. The molecule has 1 N–H and O–H groups in total. The highest BCUT2D eigenvalue weighted by Crippen LogP contribution is 2.48. The van der Waals surface area contributed by atoms with Gasteiger partial charge in [0.2, 0.25) is 11.8 Å². The van der Waals surface area contributed by atoms with Crippen LogP contribution < -0.4 is 10.1 Å². The van der Waals surface area contributed by atoms with Crippen LogP contribution in [0.5, 0.6) is 5.75 Å². The number of hydrogen-bond acceptors (Lipinski definition) is 4. The third-order valence-corrected chi connectivity index (χ3v) is 4.53. The highest BCUT2D eigenvalue weighted by atomic mass is 79.9. The standard InChI is InChI=1S/C13H11BrN2O4/c1-7(17)16-6-10(18)15-13(12(16)19)11(14)8-4-2-3-5-9(8)20-13/h2-5,11H,6H2,1H3,(H,15,18)/t11-,13-/m1/s1. The van der Waals surface area contributed by atoms with Gasteiger partial charge in [-0.05, 0) is 6.07 Å². The Balaban J connectivity index is 2.07. The number of alkyl halides is 1. The Labute approximate surface area is 123 Å². The molecular formula is C13H11BrN2O4. The van der Waals surface area contributed by atoms with Crippen molar-refractivity contribution in [3.05, 3.63) is 29.8 Å². The van der Waals surface area contributed by atoms with Crippen molar-refractivity contribution in [1.82, 2.24) is 10.2 Å². The molecule has 1 aromatic rings. The lowest BCUT2D eigenvalue weighted by Crippen LogP contribution is -2.70. The number of nitrogens with one attached hydrogen (secondary N) is 1. The van der Waals surface area contributed by atoms with Crippen molar-refractivity contribution in [2.24, 2.45) is 0 Å². The van der Waals surface area contributed by atoms with E-state index in [0.717, 1.165) is 10.5 Å². The van der Waals surface area contributed by atoms with E-state index in [0.29, 0.717) is 5.75 Å². The van der Waals surface area contributed by atoms with Crippen molar-refractivity contribution < 1.29 is 19.1 Å². The van der Waals surface area contributed by atoms with Crippen LogP contribution >= 0.6 is 15.9 Å². The summed E-state index contributed by atoms with van der Waals surface area (Å²) in [5, 5.41) is 2.57. The Hall–Kier alpha value is -1.89. The average Bonchev–Trinajstić information content (AvgIpc) is 2.68. The van der Waals surface area contributed by atoms with Crippen LogP contribution in [0.3, 0.4) is 0 Å². The van der Waals surface area contributed by atoms with Crippen molar-refractivity contribution >= 4 is 33.7 Å². The average molecular weight is 339 g/mol. The zero-order valence-corrected chi connectivity index (χ0v) is 12.1. The van der Waals surface area contributed by atoms with Gasteiger partial charge < -0.3 is 10.1 Å². The molecule has 0 aliphatic carbocycles. The second-order valence-corrected chi connectivity index (χ2v) is 5.61. The summed E-state index contributed by atoms with van der Waals surface area (Å²) < 4.78 is 5.69. The third-order valence-electron chi connectivity index (χ3n) is 3.39. The van der Waals surface area contributed by atoms with E-state index >= 15 is 0 Å². The summed E-state index contributed by atoms with van der Waals surface area (Å²) in [5.41, 5.74) is -0.837. The van der Waals surface area contributed by atoms with Gasteiger partial charge in [0.25, 0.3) is 11.6 Å². The van der Waals surface area contributed by atoms with Gasteiger partial charge in [0.15, 0.2) is 0 Å². The maximum Gasteiger partial charge on any atom is 0.297 e. The van der Waals surface area contributed by atoms with Crippen LogP contribution in [0.15, 0.2) is 24.3 Å². The molecule has 1 saturated heterocycles. The van der Waals surface area contributed by atoms with Crippen molar-refractivity contribution in [3.63, 3.8) is 0 Å². The maximum absolute atomic E-state index is 12.6. The van der Waals surface area contributed by atoms with Gasteiger partial charge in [-0.3, -0.25) is 19.3 Å². The highest BCUT2D eigenvalue weighted by Gasteiger charge is 2.59. The SMILES string of the molecule is CC(=O)N1CC(=O)N[C@]2(Oc3ccccc3[C@H]2Br)C1=O. The number of benzene rings is 1.